The van der Waals surface area contributed by atoms with Crippen molar-refractivity contribution in [2.24, 2.45) is 0 Å². The molecule has 0 bridgehead atoms. The predicted molar refractivity (Wildman–Crippen MR) is 91.5 cm³/mol. The molecule has 0 saturated heterocycles. The Kier molecular flexibility index (Phi) is 6.65. The van der Waals surface area contributed by atoms with Crippen molar-refractivity contribution in [3.8, 4) is 0 Å². The van der Waals surface area contributed by atoms with Crippen molar-refractivity contribution < 1.29 is 24.0 Å². The fourth-order valence-electron chi connectivity index (χ4n) is 2.71. The summed E-state index contributed by atoms with van der Waals surface area (Å²) in [6, 6.07) is 4.40. The monoisotopic (exact) mass is 363 g/mol. The van der Waals surface area contributed by atoms with E-state index >= 15 is 0 Å². The summed E-state index contributed by atoms with van der Waals surface area (Å²) in [5.74, 6) is -1.65. The molecule has 0 heterocycles. The second-order valence-electron chi connectivity index (χ2n) is 6.15. The predicted octanol–water partition coefficient (Wildman–Crippen LogP) is 2.30. The van der Waals surface area contributed by atoms with Gasteiger partial charge in [-0.25, -0.2) is 9.59 Å². The Labute approximate surface area is 150 Å². The third-order valence-corrected chi connectivity index (χ3v) is 4.12. The first kappa shape index (κ1) is 19.4. The molecule has 1 aromatic carbocycles. The Morgan fingerprint density at radius 1 is 1.23 bits per heavy atom. The Morgan fingerprint density at radius 3 is 2.58 bits per heavy atom. The van der Waals surface area contributed by atoms with E-state index in [9.17, 15) is 24.5 Å². The van der Waals surface area contributed by atoms with Gasteiger partial charge in [0.1, 0.15) is 0 Å². The number of hydrogen-bond donors (Lipinski definition) is 2. The van der Waals surface area contributed by atoms with E-state index in [1.807, 2.05) is 0 Å². The number of imide groups is 1. The van der Waals surface area contributed by atoms with E-state index in [4.69, 9.17) is 4.74 Å². The zero-order valence-electron chi connectivity index (χ0n) is 14.4. The SMILES string of the molecule is C[C@H](OC(=O)c1cccc([N+](=O)[O-])c1)C(=O)NC(=O)NC1CCCCC1. The molecule has 0 unspecified atom stereocenters. The number of non-ortho nitro benzene ring substituents is 1. The quantitative estimate of drug-likeness (QED) is 0.469. The largest absolute Gasteiger partial charge is 0.449 e. The first-order valence-corrected chi connectivity index (χ1v) is 8.43. The number of nitrogens with one attached hydrogen (secondary N) is 2. The number of carbonyl (C=O) groups is 3. The Hall–Kier alpha value is -2.97. The normalized spacial score (nSPS) is 15.6. The van der Waals surface area contributed by atoms with Crippen LogP contribution in [0.2, 0.25) is 0 Å². The molecule has 0 aliphatic heterocycles. The fraction of sp³-hybridized carbons (Fsp3) is 0.471. The van der Waals surface area contributed by atoms with Crippen molar-refractivity contribution >= 4 is 23.6 Å². The smallest absolute Gasteiger partial charge is 0.339 e. The average molecular weight is 363 g/mol. The zero-order chi connectivity index (χ0) is 19.1. The molecule has 1 fully saturated rings. The van der Waals surface area contributed by atoms with Crippen molar-refractivity contribution in [3.63, 3.8) is 0 Å². The van der Waals surface area contributed by atoms with Gasteiger partial charge in [0, 0.05) is 18.2 Å². The van der Waals surface area contributed by atoms with Crippen LogP contribution in [0, 0.1) is 10.1 Å². The number of rotatable bonds is 5. The van der Waals surface area contributed by atoms with E-state index in [-0.39, 0.29) is 17.3 Å². The first-order chi connectivity index (χ1) is 12.4. The molecular formula is C17H21N3O6. The summed E-state index contributed by atoms with van der Waals surface area (Å²) in [7, 11) is 0. The molecule has 1 atom stereocenters. The second kappa shape index (κ2) is 8.93. The summed E-state index contributed by atoms with van der Waals surface area (Å²) >= 11 is 0. The molecule has 26 heavy (non-hydrogen) atoms. The Bertz CT molecular complexity index is 699. The molecule has 1 aliphatic rings. The standard InChI is InChI=1S/C17H21N3O6/c1-11(15(21)19-17(23)18-13-7-3-2-4-8-13)26-16(22)12-6-5-9-14(10-12)20(24)25/h5-6,9-11,13H,2-4,7-8H2,1H3,(H2,18,19,21,23)/t11-/m0/s1. The topological polar surface area (TPSA) is 128 Å². The van der Waals surface area contributed by atoms with E-state index in [1.54, 1.807) is 0 Å². The maximum absolute atomic E-state index is 12.0. The molecule has 1 aliphatic carbocycles. The van der Waals surface area contributed by atoms with Gasteiger partial charge in [-0.3, -0.25) is 20.2 Å². The van der Waals surface area contributed by atoms with Gasteiger partial charge in [-0.05, 0) is 25.8 Å². The summed E-state index contributed by atoms with van der Waals surface area (Å²) in [5, 5.41) is 15.6. The molecule has 0 radical (unpaired) electrons. The van der Waals surface area contributed by atoms with Gasteiger partial charge in [-0.1, -0.05) is 25.3 Å². The second-order valence-corrected chi connectivity index (χ2v) is 6.15. The summed E-state index contributed by atoms with van der Waals surface area (Å²) < 4.78 is 4.97. The number of hydrogen-bond acceptors (Lipinski definition) is 6. The summed E-state index contributed by atoms with van der Waals surface area (Å²) in [5.41, 5.74) is -0.311. The van der Waals surface area contributed by atoms with Crippen LogP contribution in [-0.2, 0) is 9.53 Å². The number of nitro benzene ring substituents is 1. The van der Waals surface area contributed by atoms with Crippen LogP contribution >= 0.6 is 0 Å². The molecule has 3 amide bonds. The van der Waals surface area contributed by atoms with Crippen LogP contribution in [0.25, 0.3) is 0 Å². The summed E-state index contributed by atoms with van der Waals surface area (Å²) in [6.07, 6.45) is 3.74. The van der Waals surface area contributed by atoms with Crippen molar-refractivity contribution in [2.45, 2.75) is 51.2 Å². The van der Waals surface area contributed by atoms with Crippen LogP contribution in [0.1, 0.15) is 49.4 Å². The summed E-state index contributed by atoms with van der Waals surface area (Å²) in [4.78, 5) is 45.9. The molecule has 140 valence electrons. The van der Waals surface area contributed by atoms with Gasteiger partial charge in [0.05, 0.1) is 10.5 Å². The van der Waals surface area contributed by atoms with Crippen molar-refractivity contribution in [1.29, 1.82) is 0 Å². The lowest BCUT2D eigenvalue weighted by molar-refractivity contribution is -0.384. The van der Waals surface area contributed by atoms with Crippen LogP contribution in [0.15, 0.2) is 24.3 Å². The van der Waals surface area contributed by atoms with Crippen molar-refractivity contribution in [1.82, 2.24) is 10.6 Å². The highest BCUT2D eigenvalue weighted by atomic mass is 16.6. The lowest BCUT2D eigenvalue weighted by atomic mass is 9.96. The minimum Gasteiger partial charge on any atom is -0.449 e. The Balaban J connectivity index is 1.85. The van der Waals surface area contributed by atoms with Crippen LogP contribution in [0.3, 0.4) is 0 Å². The number of esters is 1. The number of carbonyl (C=O) groups excluding carboxylic acids is 3. The molecule has 9 nitrogen and oxygen atoms in total. The summed E-state index contributed by atoms with van der Waals surface area (Å²) in [6.45, 7) is 1.32. The van der Waals surface area contributed by atoms with Crippen LogP contribution < -0.4 is 10.6 Å². The number of amides is 3. The van der Waals surface area contributed by atoms with Gasteiger partial charge in [-0.2, -0.15) is 0 Å². The van der Waals surface area contributed by atoms with E-state index in [2.05, 4.69) is 10.6 Å². The maximum atomic E-state index is 12.0. The van der Waals surface area contributed by atoms with Gasteiger partial charge < -0.3 is 10.1 Å². The van der Waals surface area contributed by atoms with Gasteiger partial charge >= 0.3 is 12.0 Å². The average Bonchev–Trinajstić information content (AvgIpc) is 2.62. The highest BCUT2D eigenvalue weighted by Crippen LogP contribution is 2.17. The highest BCUT2D eigenvalue weighted by Gasteiger charge is 2.23. The number of ether oxygens (including phenoxy) is 1. The third-order valence-electron chi connectivity index (χ3n) is 4.12. The minimum atomic E-state index is -1.22. The molecule has 1 saturated carbocycles. The lowest BCUT2D eigenvalue weighted by Crippen LogP contribution is -2.48. The van der Waals surface area contributed by atoms with Crippen LogP contribution in [0.5, 0.6) is 0 Å². The maximum Gasteiger partial charge on any atom is 0.339 e. The number of benzene rings is 1. The number of urea groups is 1. The van der Waals surface area contributed by atoms with E-state index in [0.29, 0.717) is 0 Å². The molecule has 2 N–H and O–H groups in total. The fourth-order valence-corrected chi connectivity index (χ4v) is 2.71. The molecule has 2 rings (SSSR count). The molecule has 0 spiro atoms. The lowest BCUT2D eigenvalue weighted by Gasteiger charge is -2.23. The molecule has 0 aromatic heterocycles. The van der Waals surface area contributed by atoms with E-state index < -0.39 is 28.9 Å². The Morgan fingerprint density at radius 2 is 1.92 bits per heavy atom. The number of nitrogens with zero attached hydrogens (tertiary/aromatic N) is 1. The van der Waals surface area contributed by atoms with Gasteiger partial charge in [0.15, 0.2) is 6.10 Å². The molecule has 9 heteroatoms. The molecule has 1 aromatic rings. The molecular weight excluding hydrogens is 342 g/mol. The van der Waals surface area contributed by atoms with E-state index in [1.165, 1.54) is 25.1 Å². The van der Waals surface area contributed by atoms with E-state index in [0.717, 1.165) is 38.2 Å². The van der Waals surface area contributed by atoms with Gasteiger partial charge in [0.2, 0.25) is 0 Å². The van der Waals surface area contributed by atoms with Crippen LogP contribution in [-0.4, -0.2) is 35.0 Å². The third kappa shape index (κ3) is 5.54. The van der Waals surface area contributed by atoms with Crippen molar-refractivity contribution in [2.75, 3.05) is 0 Å². The van der Waals surface area contributed by atoms with Crippen LogP contribution in [0.4, 0.5) is 10.5 Å². The van der Waals surface area contributed by atoms with Gasteiger partial charge in [0.25, 0.3) is 11.6 Å². The van der Waals surface area contributed by atoms with Crippen molar-refractivity contribution in [3.05, 3.63) is 39.9 Å². The van der Waals surface area contributed by atoms with Gasteiger partial charge in [-0.15, -0.1) is 0 Å². The minimum absolute atomic E-state index is 0.0410. The first-order valence-electron chi connectivity index (χ1n) is 8.43. The zero-order valence-corrected chi connectivity index (χ0v) is 14.4. The number of nitro groups is 1. The highest BCUT2D eigenvalue weighted by molar-refractivity contribution is 5.98.